The number of rotatable bonds is 3. The summed E-state index contributed by atoms with van der Waals surface area (Å²) in [6.07, 6.45) is 9.51. The second-order valence-electron chi connectivity index (χ2n) is 4.68. The Morgan fingerprint density at radius 2 is 2.25 bits per heavy atom. The Morgan fingerprint density at radius 1 is 1.38 bits per heavy atom. The van der Waals surface area contributed by atoms with E-state index in [1.54, 1.807) is 12.3 Å². The van der Waals surface area contributed by atoms with Gasteiger partial charge in [0.25, 0.3) is 0 Å². The summed E-state index contributed by atoms with van der Waals surface area (Å²) in [6, 6.07) is 0. The summed E-state index contributed by atoms with van der Waals surface area (Å²) in [5, 5.41) is 0. The van der Waals surface area contributed by atoms with Crippen molar-refractivity contribution < 1.29 is 9.52 Å². The van der Waals surface area contributed by atoms with Crippen LogP contribution in [-0.2, 0) is 0 Å². The Bertz CT molecular complexity index is 358. The topological polar surface area (TPSA) is 40.2 Å². The summed E-state index contributed by atoms with van der Waals surface area (Å²) in [7, 11) is 0. The second kappa shape index (κ2) is 5.14. The molecule has 0 N–H and O–H groups in total. The van der Waals surface area contributed by atoms with Crippen LogP contribution in [0.1, 0.15) is 25.7 Å². The van der Waals surface area contributed by atoms with E-state index in [4.69, 9.17) is 0 Å². The van der Waals surface area contributed by atoms with E-state index in [-0.39, 0.29) is 0 Å². The smallest absolute Gasteiger partial charge is 0.0505 e. The molecule has 2 aliphatic rings. The maximum Gasteiger partial charge on any atom is 0.221 e. The molecule has 2 aliphatic heterocycles. The van der Waals surface area contributed by atoms with Crippen molar-refractivity contribution in [2.24, 2.45) is 5.92 Å². The lowest BCUT2D eigenvalue weighted by Crippen LogP contribution is -2.26. The summed E-state index contributed by atoms with van der Waals surface area (Å²) >= 11 is 0. The number of piperidine rings is 1. The Hall–Kier alpha value is -1.32. The Balaban J connectivity index is 1.78. The lowest BCUT2D eigenvalue weighted by atomic mass is 9.92. The van der Waals surface area contributed by atoms with Gasteiger partial charge in [-0.2, -0.15) is 0 Å². The number of hydrogen-bond donors (Lipinski definition) is 0. The molecule has 0 bridgehead atoms. The van der Waals surface area contributed by atoms with Gasteiger partial charge in [-0.05, 0) is 29.6 Å². The zero-order chi connectivity index (χ0) is 11.4. The van der Waals surface area contributed by atoms with Crippen molar-refractivity contribution in [3.05, 3.63) is 33.7 Å². The monoisotopic (exact) mass is 222 g/mol. The van der Waals surface area contributed by atoms with E-state index in [1.165, 1.54) is 10.3 Å². The zero-order valence-electron chi connectivity index (χ0n) is 9.47. The molecule has 0 aliphatic carbocycles. The van der Waals surface area contributed by atoms with Crippen molar-refractivity contribution in [2.45, 2.75) is 25.7 Å². The maximum atomic E-state index is 11.2. The van der Waals surface area contributed by atoms with Crippen LogP contribution >= 0.6 is 0 Å². The lowest BCUT2D eigenvalue weighted by Gasteiger charge is -2.16. The predicted molar refractivity (Wildman–Crippen MR) is 61.0 cm³/mol. The van der Waals surface area contributed by atoms with Gasteiger partial charge in [0.1, 0.15) is 0 Å². The van der Waals surface area contributed by atoms with Crippen LogP contribution in [0, 0.1) is 15.7 Å². The van der Waals surface area contributed by atoms with Crippen LogP contribution in [-0.4, -0.2) is 29.2 Å². The number of nitroso groups, excluding NO2 is 2. The quantitative estimate of drug-likeness (QED) is 0.687. The van der Waals surface area contributed by atoms with Gasteiger partial charge in [0.15, 0.2) is 13.1 Å². The van der Waals surface area contributed by atoms with Gasteiger partial charge >= 0.3 is 0 Å². The van der Waals surface area contributed by atoms with Crippen molar-refractivity contribution >= 4 is 0 Å². The molecule has 4 heteroatoms. The minimum absolute atomic E-state index is 0.490. The highest BCUT2D eigenvalue weighted by Crippen LogP contribution is 2.21. The molecule has 2 heterocycles. The zero-order valence-corrected chi connectivity index (χ0v) is 9.47. The fourth-order valence-corrected chi connectivity index (χ4v) is 2.40. The van der Waals surface area contributed by atoms with Gasteiger partial charge in [-0.3, -0.25) is 0 Å². The van der Waals surface area contributed by atoms with Gasteiger partial charge in [-0.25, -0.2) is 0 Å². The largest absolute Gasteiger partial charge is 0.221 e. The first-order chi connectivity index (χ1) is 7.74. The summed E-state index contributed by atoms with van der Waals surface area (Å²) in [6.45, 7) is 1.85. The molecule has 0 aromatic rings. The van der Waals surface area contributed by atoms with Crippen LogP contribution in [0.4, 0.5) is 0 Å². The standard InChI is InChI=1S/C12H18N2O2/c15-13-7-1-3-11(9-13)5-6-12-4-2-8-14(16)10-12/h1,3,7,12H,2,4-6,8-10H2/q+2. The molecule has 0 aromatic carbocycles. The van der Waals surface area contributed by atoms with Crippen molar-refractivity contribution in [3.8, 4) is 0 Å². The number of allylic oxidation sites excluding steroid dienone is 2. The van der Waals surface area contributed by atoms with Crippen molar-refractivity contribution in [1.82, 2.24) is 0 Å². The molecule has 0 aromatic heterocycles. The van der Waals surface area contributed by atoms with Crippen LogP contribution in [0.2, 0.25) is 0 Å². The van der Waals surface area contributed by atoms with E-state index >= 15 is 0 Å². The summed E-state index contributed by atoms with van der Waals surface area (Å²) < 4.78 is 2.12. The first-order valence-corrected chi connectivity index (χ1v) is 5.96. The van der Waals surface area contributed by atoms with Crippen LogP contribution < -0.4 is 0 Å². The molecule has 0 radical (unpaired) electrons. The molecule has 4 nitrogen and oxygen atoms in total. The lowest BCUT2D eigenvalue weighted by molar-refractivity contribution is -0.565. The number of hydrogen-bond acceptors (Lipinski definition) is 2. The first-order valence-electron chi connectivity index (χ1n) is 5.96. The summed E-state index contributed by atoms with van der Waals surface area (Å²) in [5.74, 6) is 0.512. The molecule has 16 heavy (non-hydrogen) atoms. The summed E-state index contributed by atoms with van der Waals surface area (Å²) in [5.41, 5.74) is 1.18. The second-order valence-corrected chi connectivity index (χ2v) is 4.68. The van der Waals surface area contributed by atoms with E-state index in [0.717, 1.165) is 30.4 Å². The molecule has 0 amide bonds. The number of nitrogens with zero attached hydrogens (tertiary/aromatic N) is 2. The van der Waals surface area contributed by atoms with Crippen LogP contribution in [0.3, 0.4) is 0 Å². The van der Waals surface area contributed by atoms with E-state index < -0.39 is 0 Å². The molecular weight excluding hydrogens is 204 g/mol. The molecule has 2 rings (SSSR count). The Kier molecular flexibility index (Phi) is 3.59. The highest BCUT2D eigenvalue weighted by Gasteiger charge is 2.25. The van der Waals surface area contributed by atoms with Crippen LogP contribution in [0.15, 0.2) is 23.9 Å². The molecule has 1 fully saturated rings. The van der Waals surface area contributed by atoms with Gasteiger partial charge in [0.05, 0.1) is 0 Å². The average Bonchev–Trinajstić information content (AvgIpc) is 2.27. The van der Waals surface area contributed by atoms with Crippen molar-refractivity contribution in [1.29, 1.82) is 0 Å². The van der Waals surface area contributed by atoms with Crippen LogP contribution in [0.25, 0.3) is 0 Å². The third-order valence-corrected chi connectivity index (χ3v) is 3.30. The van der Waals surface area contributed by atoms with E-state index in [2.05, 4.69) is 0 Å². The highest BCUT2D eigenvalue weighted by atomic mass is 16.3. The average molecular weight is 222 g/mol. The normalized spacial score (nSPS) is 25.8. The minimum atomic E-state index is 0.490. The van der Waals surface area contributed by atoms with Gasteiger partial charge in [-0.15, -0.1) is 0 Å². The fourth-order valence-electron chi connectivity index (χ4n) is 2.40. The minimum Gasteiger partial charge on any atom is -0.0505 e. The molecular formula is C12H18N2O2+2. The van der Waals surface area contributed by atoms with Gasteiger partial charge < -0.3 is 0 Å². The predicted octanol–water partition coefficient (Wildman–Crippen LogP) is 2.19. The molecule has 0 spiro atoms. The Labute approximate surface area is 95.2 Å². The van der Waals surface area contributed by atoms with Gasteiger partial charge in [0, 0.05) is 33.0 Å². The van der Waals surface area contributed by atoms with E-state index in [1.807, 2.05) is 6.08 Å². The van der Waals surface area contributed by atoms with Crippen molar-refractivity contribution in [2.75, 3.05) is 19.6 Å². The molecule has 86 valence electrons. The van der Waals surface area contributed by atoms with Crippen molar-refractivity contribution in [3.63, 3.8) is 0 Å². The van der Waals surface area contributed by atoms with E-state index in [0.29, 0.717) is 25.6 Å². The van der Waals surface area contributed by atoms with Gasteiger partial charge in [-0.1, -0.05) is 6.08 Å². The summed E-state index contributed by atoms with van der Waals surface area (Å²) in [4.78, 5) is 22.3. The fraction of sp³-hybridized carbons (Fsp3) is 0.667. The first kappa shape index (κ1) is 11.2. The third kappa shape index (κ3) is 3.08. The molecule has 1 unspecified atom stereocenters. The molecule has 1 saturated heterocycles. The van der Waals surface area contributed by atoms with Crippen LogP contribution in [0.5, 0.6) is 0 Å². The third-order valence-electron chi connectivity index (χ3n) is 3.30. The van der Waals surface area contributed by atoms with E-state index in [9.17, 15) is 9.81 Å². The van der Waals surface area contributed by atoms with Gasteiger partial charge in [0.2, 0.25) is 12.7 Å². The maximum absolute atomic E-state index is 11.2. The highest BCUT2D eigenvalue weighted by molar-refractivity contribution is 5.14. The Morgan fingerprint density at radius 3 is 3.00 bits per heavy atom. The molecule has 0 saturated carbocycles. The molecule has 1 atom stereocenters. The SMILES string of the molecule is O=[N+]1C=CC=C(CCC2CCC[N+](=O)C2)C1.